The van der Waals surface area contributed by atoms with E-state index >= 15 is 0 Å². The molecule has 16 nitrogen and oxygen atoms in total. The summed E-state index contributed by atoms with van der Waals surface area (Å²) in [6, 6.07) is 0. The number of carbonyl (C=O) groups excluding carboxylic acids is 3. The van der Waals surface area contributed by atoms with Gasteiger partial charge in [0.25, 0.3) is 30.1 Å². The molecule has 3 aliphatic heterocycles. The van der Waals surface area contributed by atoms with Gasteiger partial charge in [-0.15, -0.1) is 0 Å². The molecule has 0 saturated heterocycles. The second-order valence-electron chi connectivity index (χ2n) is 6.89. The highest BCUT2D eigenvalue weighted by Gasteiger charge is 3.00. The minimum absolute atomic E-state index is 0. The molecule has 0 aliphatic carbocycles. The minimum atomic E-state index is -3.62. The molecule has 3 rings (SSSR count). The van der Waals surface area contributed by atoms with Crippen molar-refractivity contribution in [3.8, 4) is 0 Å². The van der Waals surface area contributed by atoms with Crippen molar-refractivity contribution >= 4 is 48.0 Å². The lowest BCUT2D eigenvalue weighted by Crippen LogP contribution is -2.37. The molecule has 0 aromatic rings. The van der Waals surface area contributed by atoms with E-state index in [0.717, 1.165) is 16.2 Å². The standard InChI is InChI=1S/3C6H7NO4S.N/c3*1-4-2-3-12(10,11)7-5(4)6(8)9;/h3*2-3,7H,1H3,(H,8,9);/q;;;+3/p-3. The molecule has 3 heterocycles. The Morgan fingerprint density at radius 1 is 0.541 bits per heavy atom. The predicted molar refractivity (Wildman–Crippen MR) is 119 cm³/mol. The first-order chi connectivity index (χ1) is 16.3. The van der Waals surface area contributed by atoms with E-state index in [2.05, 4.69) is 0 Å². The van der Waals surface area contributed by atoms with E-state index in [1.54, 1.807) is 0 Å². The second kappa shape index (κ2) is 12.2. The van der Waals surface area contributed by atoms with Crippen molar-refractivity contribution in [3.63, 3.8) is 0 Å². The highest BCUT2D eigenvalue weighted by atomic mass is 32.2. The average molecular weight is 579 g/mol. The largest absolute Gasteiger partial charge is 3.00 e. The number of hydrogen-bond acceptors (Lipinski definition) is 12. The van der Waals surface area contributed by atoms with Gasteiger partial charge in [0.15, 0.2) is 0 Å². The highest BCUT2D eigenvalue weighted by Crippen LogP contribution is 2.12. The Labute approximate surface area is 212 Å². The molecule has 0 spiro atoms. The first-order valence-electron chi connectivity index (χ1n) is 9.16. The molecule has 19 heteroatoms. The monoisotopic (exact) mass is 578 g/mol. The lowest BCUT2D eigenvalue weighted by molar-refractivity contribution is -0.301. The molecule has 0 aromatic heterocycles. The minimum Gasteiger partial charge on any atom is -0.543 e. The van der Waals surface area contributed by atoms with Gasteiger partial charge in [-0.2, -0.15) is 0 Å². The van der Waals surface area contributed by atoms with Crippen LogP contribution in [0.2, 0.25) is 0 Å². The normalized spacial score (nSPS) is 19.9. The summed E-state index contributed by atoms with van der Waals surface area (Å²) in [7, 11) is -10.9. The van der Waals surface area contributed by atoms with Crippen LogP contribution in [0.15, 0.2) is 68.3 Å². The van der Waals surface area contributed by atoms with E-state index in [4.69, 9.17) is 0 Å². The maximum absolute atomic E-state index is 10.8. The van der Waals surface area contributed by atoms with Gasteiger partial charge >= 0.3 is 6.15 Å². The van der Waals surface area contributed by atoms with Gasteiger partial charge in [0.1, 0.15) is 0 Å². The zero-order valence-corrected chi connectivity index (χ0v) is 21.5. The van der Waals surface area contributed by atoms with E-state index < -0.39 is 65.1 Å². The number of carboxylic acids is 3. The topological polar surface area (TPSA) is 289 Å². The third kappa shape index (κ3) is 10.1. The van der Waals surface area contributed by atoms with Crippen LogP contribution in [0.1, 0.15) is 20.8 Å². The summed E-state index contributed by atoms with van der Waals surface area (Å²) in [6.45, 7) is 4.43. The zero-order chi connectivity index (χ0) is 28.1. The Kier molecular flexibility index (Phi) is 10.8. The third-order valence-electron chi connectivity index (χ3n) is 4.02. The summed E-state index contributed by atoms with van der Waals surface area (Å²) in [5, 5.41) is 33.7. The molecule has 0 aromatic carbocycles. The number of carboxylic acid groups (broad SMARTS) is 3. The maximum atomic E-state index is 10.8. The number of nitrogens with one attached hydrogen (secondary N) is 3. The summed E-state index contributed by atoms with van der Waals surface area (Å²) in [6.07, 6.45) is 3.62. The van der Waals surface area contributed by atoms with Crippen molar-refractivity contribution < 1.29 is 55.0 Å². The number of sulfonamides is 3. The number of rotatable bonds is 3. The first-order valence-corrected chi connectivity index (χ1v) is 13.8. The fraction of sp³-hybridized carbons (Fsp3) is 0.167. The number of carbonyl (C=O) groups is 3. The Balaban J connectivity index is 0.000000518. The molecule has 2 radical (unpaired) electrons. The molecule has 0 atom stereocenters. The van der Waals surface area contributed by atoms with Gasteiger partial charge < -0.3 is 29.7 Å². The number of allylic oxidation sites excluding steroid dienone is 6. The van der Waals surface area contributed by atoms with E-state index in [9.17, 15) is 55.0 Å². The lowest BCUT2D eigenvalue weighted by Gasteiger charge is -2.15. The molecular weight excluding hydrogens is 560 g/mol. The van der Waals surface area contributed by atoms with E-state index in [0.29, 0.717) is 16.7 Å². The Morgan fingerprint density at radius 2 is 0.730 bits per heavy atom. The quantitative estimate of drug-likeness (QED) is 0.283. The molecule has 0 unspecified atom stereocenters. The Bertz CT molecular complexity index is 1310. The van der Waals surface area contributed by atoms with Crippen LogP contribution in [-0.4, -0.2) is 43.2 Å². The second-order valence-corrected chi connectivity index (χ2v) is 11.6. The molecule has 0 saturated carbocycles. The molecule has 0 bridgehead atoms. The van der Waals surface area contributed by atoms with Gasteiger partial charge in [-0.05, 0) is 55.7 Å². The van der Waals surface area contributed by atoms with Gasteiger partial charge in [0.05, 0.1) is 51.2 Å². The van der Waals surface area contributed by atoms with Gasteiger partial charge in [0, 0.05) is 0 Å². The number of hydrogen-bond donors (Lipinski definition) is 3. The van der Waals surface area contributed by atoms with Crippen LogP contribution in [0.3, 0.4) is 0 Å². The zero-order valence-electron chi connectivity index (χ0n) is 19.0. The highest BCUT2D eigenvalue weighted by molar-refractivity contribution is 7.93. The summed E-state index contributed by atoms with van der Waals surface area (Å²) in [5.74, 6) is -4.58. The molecule has 3 N–H and O–H groups in total. The smallest absolute Gasteiger partial charge is 0.543 e. The van der Waals surface area contributed by atoms with Crippen LogP contribution in [0.4, 0.5) is 0 Å². The van der Waals surface area contributed by atoms with Crippen molar-refractivity contribution in [2.45, 2.75) is 20.8 Å². The van der Waals surface area contributed by atoms with Gasteiger partial charge in [-0.3, -0.25) is 14.2 Å². The Morgan fingerprint density at radius 3 is 0.865 bits per heavy atom. The molecule has 3 aliphatic rings. The molecule has 200 valence electrons. The van der Waals surface area contributed by atoms with E-state index in [-0.39, 0.29) is 6.15 Å². The van der Waals surface area contributed by atoms with Crippen LogP contribution in [0.25, 0.3) is 0 Å². The summed E-state index contributed by atoms with van der Waals surface area (Å²) < 4.78 is 70.3. The van der Waals surface area contributed by atoms with Crippen molar-refractivity contribution in [3.05, 3.63) is 68.3 Å². The van der Waals surface area contributed by atoms with Crippen molar-refractivity contribution in [2.75, 3.05) is 0 Å². The maximum Gasteiger partial charge on any atom is 3.00 e. The van der Waals surface area contributed by atoms with Crippen molar-refractivity contribution in [1.82, 2.24) is 20.3 Å². The van der Waals surface area contributed by atoms with Crippen molar-refractivity contribution in [2.24, 2.45) is 0 Å². The predicted octanol–water partition coefficient (Wildman–Crippen LogP) is -5.11. The van der Waals surface area contributed by atoms with Crippen LogP contribution in [0, 0.1) is 0 Å². The van der Waals surface area contributed by atoms with Gasteiger partial charge in [-0.25, -0.2) is 25.3 Å². The van der Waals surface area contributed by atoms with Crippen LogP contribution < -0.4 is 35.6 Å². The summed E-state index contributed by atoms with van der Waals surface area (Å²) >= 11 is 0. The third-order valence-corrected chi connectivity index (χ3v) is 6.97. The SMILES string of the molecule is CC1=C(C(=O)[O-])NS(=O)(=O)C=C1.CC1=C(C(=O)[O-])NS(=O)(=O)C=C1.CC1=C(C(=O)[O-])NS(=O)(=O)C=C1.[N+3]. The van der Waals surface area contributed by atoms with Gasteiger partial charge in [0.2, 0.25) is 0 Å². The average Bonchev–Trinajstić information content (AvgIpc) is 2.74. The van der Waals surface area contributed by atoms with Crippen LogP contribution in [0.5, 0.6) is 0 Å². The van der Waals surface area contributed by atoms with E-state index in [1.165, 1.54) is 39.0 Å². The Hall–Kier alpha value is -4.19. The molecule has 0 fully saturated rings. The van der Waals surface area contributed by atoms with E-state index in [1.807, 2.05) is 14.2 Å². The van der Waals surface area contributed by atoms with Crippen LogP contribution >= 0.6 is 0 Å². The molecule has 0 amide bonds. The van der Waals surface area contributed by atoms with Gasteiger partial charge in [-0.1, -0.05) is 0 Å². The van der Waals surface area contributed by atoms with Crippen LogP contribution in [-0.2, 0) is 44.5 Å². The first kappa shape index (κ1) is 32.8. The lowest BCUT2D eigenvalue weighted by atomic mass is 10.2. The number of aliphatic carboxylic acids is 3. The molecule has 37 heavy (non-hydrogen) atoms. The summed E-state index contributed by atoms with van der Waals surface area (Å²) in [5.41, 5.74) is -0.244. The fourth-order valence-corrected chi connectivity index (χ4v) is 5.14. The fourth-order valence-electron chi connectivity index (χ4n) is 2.20. The van der Waals surface area contributed by atoms with Crippen molar-refractivity contribution in [1.29, 1.82) is 0 Å². The number of nitrogens with zero attached hydrogens (tertiary/aromatic N) is 1. The molecular formula is C18H18N4O12S3. The summed E-state index contributed by atoms with van der Waals surface area (Å²) in [4.78, 5) is 31.0.